The van der Waals surface area contributed by atoms with Crippen molar-refractivity contribution in [2.24, 2.45) is 0 Å². The van der Waals surface area contributed by atoms with Gasteiger partial charge in [0.1, 0.15) is 0 Å². The zero-order valence-electron chi connectivity index (χ0n) is 9.72. The molecular weight excluding hydrogens is 194 g/mol. The van der Waals surface area contributed by atoms with Gasteiger partial charge in [-0.2, -0.15) is 0 Å². The molecule has 3 N–H and O–H groups in total. The summed E-state index contributed by atoms with van der Waals surface area (Å²) in [6, 6.07) is -0.233. The number of urea groups is 1. The molecule has 0 heterocycles. The van der Waals surface area contributed by atoms with Gasteiger partial charge < -0.3 is 16.0 Å². The largest absolute Gasteiger partial charge is 0.355 e. The molecule has 0 radical (unpaired) electrons. The normalized spacial score (nSPS) is 9.87. The lowest BCUT2D eigenvalue weighted by atomic mass is 10.3. The van der Waals surface area contributed by atoms with Gasteiger partial charge in [-0.1, -0.05) is 13.3 Å². The number of unbranched alkanes of at least 4 members (excludes halogenated alkanes) is 1. The van der Waals surface area contributed by atoms with E-state index in [1.54, 1.807) is 0 Å². The van der Waals surface area contributed by atoms with Crippen LogP contribution in [-0.2, 0) is 4.79 Å². The van der Waals surface area contributed by atoms with E-state index in [4.69, 9.17) is 0 Å². The first-order chi connectivity index (χ1) is 7.06. The summed E-state index contributed by atoms with van der Waals surface area (Å²) < 4.78 is 0. The van der Waals surface area contributed by atoms with E-state index >= 15 is 0 Å². The average Bonchev–Trinajstić information content (AvgIpc) is 2.14. The molecule has 0 atom stereocenters. The molecular formula is C10H21N3O2. The van der Waals surface area contributed by atoms with Gasteiger partial charge in [-0.25, -0.2) is 4.79 Å². The van der Waals surface area contributed by atoms with E-state index in [2.05, 4.69) is 22.9 Å². The molecule has 0 rings (SSSR count). The van der Waals surface area contributed by atoms with Crippen LogP contribution in [0.5, 0.6) is 0 Å². The molecule has 0 aliphatic heterocycles. The summed E-state index contributed by atoms with van der Waals surface area (Å²) >= 11 is 0. The molecule has 0 unspecified atom stereocenters. The summed E-state index contributed by atoms with van der Waals surface area (Å²) in [5.41, 5.74) is 0. The summed E-state index contributed by atoms with van der Waals surface area (Å²) in [6.45, 7) is 6.48. The van der Waals surface area contributed by atoms with Gasteiger partial charge in [-0.05, 0) is 20.3 Å². The summed E-state index contributed by atoms with van der Waals surface area (Å²) in [5, 5.41) is 7.82. The Morgan fingerprint density at radius 2 is 1.87 bits per heavy atom. The Balaban J connectivity index is 3.49. The van der Waals surface area contributed by atoms with E-state index in [9.17, 15) is 9.59 Å². The van der Waals surface area contributed by atoms with Crippen molar-refractivity contribution in [3.05, 3.63) is 0 Å². The third kappa shape index (κ3) is 9.05. The first kappa shape index (κ1) is 13.7. The molecule has 0 aromatic heterocycles. The van der Waals surface area contributed by atoms with Gasteiger partial charge in [0.05, 0.1) is 6.54 Å². The Hall–Kier alpha value is -1.26. The quantitative estimate of drug-likeness (QED) is 0.568. The van der Waals surface area contributed by atoms with Crippen molar-refractivity contribution >= 4 is 11.9 Å². The second-order valence-electron chi connectivity index (χ2n) is 3.69. The number of hydrogen-bond acceptors (Lipinski definition) is 2. The molecule has 0 aromatic carbocycles. The summed E-state index contributed by atoms with van der Waals surface area (Å²) in [4.78, 5) is 22.2. The lowest BCUT2D eigenvalue weighted by Crippen LogP contribution is -2.44. The zero-order valence-corrected chi connectivity index (χ0v) is 9.72. The van der Waals surface area contributed by atoms with Gasteiger partial charge in [-0.15, -0.1) is 0 Å². The van der Waals surface area contributed by atoms with Crippen LogP contribution in [0.2, 0.25) is 0 Å². The SMILES string of the molecule is CCCCNC(=O)CNC(=O)NC(C)C. The van der Waals surface area contributed by atoms with Crippen molar-refractivity contribution in [2.75, 3.05) is 13.1 Å². The average molecular weight is 215 g/mol. The summed E-state index contributed by atoms with van der Waals surface area (Å²) in [5.74, 6) is -0.151. The van der Waals surface area contributed by atoms with Crippen molar-refractivity contribution < 1.29 is 9.59 Å². The maximum Gasteiger partial charge on any atom is 0.315 e. The highest BCUT2D eigenvalue weighted by molar-refractivity contribution is 5.83. The third-order valence-corrected chi connectivity index (χ3v) is 1.68. The highest BCUT2D eigenvalue weighted by Gasteiger charge is 2.04. The number of hydrogen-bond donors (Lipinski definition) is 3. The fourth-order valence-corrected chi connectivity index (χ4v) is 0.941. The van der Waals surface area contributed by atoms with Gasteiger partial charge in [-0.3, -0.25) is 4.79 Å². The summed E-state index contributed by atoms with van der Waals surface area (Å²) in [6.07, 6.45) is 2.01. The minimum absolute atomic E-state index is 0.0300. The molecule has 3 amide bonds. The molecule has 0 aromatic rings. The van der Waals surface area contributed by atoms with Crippen LogP contribution in [0.1, 0.15) is 33.6 Å². The molecule has 5 nitrogen and oxygen atoms in total. The molecule has 0 aliphatic rings. The number of nitrogens with one attached hydrogen (secondary N) is 3. The predicted octanol–water partition coefficient (Wildman–Crippen LogP) is 0.610. The maximum atomic E-state index is 11.2. The van der Waals surface area contributed by atoms with Crippen molar-refractivity contribution in [1.29, 1.82) is 0 Å². The van der Waals surface area contributed by atoms with E-state index in [1.165, 1.54) is 0 Å². The lowest BCUT2D eigenvalue weighted by Gasteiger charge is -2.10. The van der Waals surface area contributed by atoms with Crippen LogP contribution in [0.15, 0.2) is 0 Å². The van der Waals surface area contributed by atoms with Crippen LogP contribution in [0.4, 0.5) is 4.79 Å². The van der Waals surface area contributed by atoms with Crippen molar-refractivity contribution in [3.63, 3.8) is 0 Å². The number of carbonyl (C=O) groups excluding carboxylic acids is 2. The second-order valence-corrected chi connectivity index (χ2v) is 3.69. The van der Waals surface area contributed by atoms with Gasteiger partial charge in [0.25, 0.3) is 0 Å². The molecule has 0 aliphatic carbocycles. The van der Waals surface area contributed by atoms with E-state index in [1.807, 2.05) is 13.8 Å². The van der Waals surface area contributed by atoms with Crippen LogP contribution < -0.4 is 16.0 Å². The highest BCUT2D eigenvalue weighted by atomic mass is 16.2. The van der Waals surface area contributed by atoms with Gasteiger partial charge >= 0.3 is 6.03 Å². The van der Waals surface area contributed by atoms with E-state index < -0.39 is 0 Å². The Labute approximate surface area is 91.0 Å². The van der Waals surface area contributed by atoms with Crippen LogP contribution in [0.3, 0.4) is 0 Å². The van der Waals surface area contributed by atoms with E-state index in [0.29, 0.717) is 6.54 Å². The standard InChI is InChI=1S/C10H21N3O2/c1-4-5-6-11-9(14)7-12-10(15)13-8(2)3/h8H,4-7H2,1-3H3,(H,11,14)(H2,12,13,15). The van der Waals surface area contributed by atoms with Crippen LogP contribution in [0, 0.1) is 0 Å². The Morgan fingerprint density at radius 1 is 1.20 bits per heavy atom. The molecule has 0 saturated carbocycles. The highest BCUT2D eigenvalue weighted by Crippen LogP contribution is 1.82. The third-order valence-electron chi connectivity index (χ3n) is 1.68. The van der Waals surface area contributed by atoms with E-state index in [0.717, 1.165) is 12.8 Å². The molecule has 0 saturated heterocycles. The van der Waals surface area contributed by atoms with Crippen LogP contribution >= 0.6 is 0 Å². The number of amides is 3. The maximum absolute atomic E-state index is 11.2. The van der Waals surface area contributed by atoms with Gasteiger partial charge in [0.15, 0.2) is 0 Å². The molecule has 0 spiro atoms. The smallest absolute Gasteiger partial charge is 0.315 e. The van der Waals surface area contributed by atoms with Gasteiger partial charge in [0.2, 0.25) is 5.91 Å². The first-order valence-electron chi connectivity index (χ1n) is 5.37. The molecule has 0 fully saturated rings. The lowest BCUT2D eigenvalue weighted by molar-refractivity contribution is -0.120. The van der Waals surface area contributed by atoms with Crippen LogP contribution in [0.25, 0.3) is 0 Å². The minimum Gasteiger partial charge on any atom is -0.355 e. The zero-order chi connectivity index (χ0) is 11.7. The molecule has 0 bridgehead atoms. The van der Waals surface area contributed by atoms with E-state index in [-0.39, 0.29) is 24.5 Å². The fraction of sp³-hybridized carbons (Fsp3) is 0.800. The first-order valence-corrected chi connectivity index (χ1v) is 5.37. The van der Waals surface area contributed by atoms with Crippen molar-refractivity contribution in [3.8, 4) is 0 Å². The Bertz CT molecular complexity index is 205. The predicted molar refractivity (Wildman–Crippen MR) is 59.6 cm³/mol. The topological polar surface area (TPSA) is 70.2 Å². The summed E-state index contributed by atoms with van der Waals surface area (Å²) in [7, 11) is 0. The minimum atomic E-state index is -0.310. The fourth-order valence-electron chi connectivity index (χ4n) is 0.941. The monoisotopic (exact) mass is 215 g/mol. The Kier molecular flexibility index (Phi) is 7.40. The van der Waals surface area contributed by atoms with Crippen molar-refractivity contribution in [1.82, 2.24) is 16.0 Å². The number of carbonyl (C=O) groups is 2. The molecule has 5 heteroatoms. The Morgan fingerprint density at radius 3 is 2.40 bits per heavy atom. The van der Waals surface area contributed by atoms with Crippen molar-refractivity contribution in [2.45, 2.75) is 39.7 Å². The second kappa shape index (κ2) is 8.08. The molecule has 88 valence electrons. The molecule has 15 heavy (non-hydrogen) atoms. The van der Waals surface area contributed by atoms with Crippen LogP contribution in [-0.4, -0.2) is 31.1 Å². The number of rotatable bonds is 6. The van der Waals surface area contributed by atoms with Gasteiger partial charge in [0, 0.05) is 12.6 Å².